The number of hydrogen-bond donors (Lipinski definition) is 0. The average molecular weight is 483 g/mol. The fourth-order valence-electron chi connectivity index (χ4n) is 5.07. The molecule has 0 amide bonds. The normalized spacial score (nSPS) is 13.4. The summed E-state index contributed by atoms with van der Waals surface area (Å²) in [6.07, 6.45) is 25.4. The van der Waals surface area contributed by atoms with Crippen LogP contribution in [0.25, 0.3) is 0 Å². The van der Waals surface area contributed by atoms with Crippen molar-refractivity contribution in [1.82, 2.24) is 0 Å². The highest BCUT2D eigenvalue weighted by Crippen LogP contribution is 2.30. The molecule has 0 heterocycles. The number of hydrogen-bond acceptors (Lipinski definition) is 2. The lowest BCUT2D eigenvalue weighted by molar-refractivity contribution is -0.123. The fraction of sp³-hybridized carbons (Fsp3) is 0.938. The van der Waals surface area contributed by atoms with E-state index in [0.29, 0.717) is 23.4 Å². The zero-order chi connectivity index (χ0) is 24.0. The van der Waals surface area contributed by atoms with Crippen molar-refractivity contribution < 1.29 is 9.59 Å². The van der Waals surface area contributed by atoms with Crippen LogP contribution in [0.2, 0.25) is 0 Å². The lowest BCUT2D eigenvalue weighted by Crippen LogP contribution is -2.25. The minimum atomic E-state index is 0. The predicted molar refractivity (Wildman–Crippen MR) is 155 cm³/mol. The Labute approximate surface area is 216 Å². The smallest absolute Gasteiger partial charge is 0.133 e. The first-order chi connectivity index (χ1) is 15.4. The van der Waals surface area contributed by atoms with Gasteiger partial charge in [0.15, 0.2) is 0 Å². The molecular weight excluding hydrogens is 416 g/mol. The Hall–Kier alpha value is -0.660. The van der Waals surface area contributed by atoms with Gasteiger partial charge in [0.25, 0.3) is 0 Å². The first-order valence-electron chi connectivity index (χ1n) is 14.4. The molecule has 0 aliphatic carbocycles. The molecule has 0 N–H and O–H groups in total. The highest BCUT2D eigenvalue weighted by Gasteiger charge is 2.25. The van der Waals surface area contributed by atoms with Crippen molar-refractivity contribution in [1.29, 1.82) is 0 Å². The number of rotatable bonds is 24. The number of ketones is 2. The standard InChI is InChI=1S/C30H58O2.2CH4/c1-6-7-8-9-10-16-19-22-25-30(29(5)32)28(4)26(2)23-20-17-14-12-11-13-15-18-21-24-27(3)31;;/h26,28,30H,6-25H2,1-5H3;2*1H4. The highest BCUT2D eigenvalue weighted by molar-refractivity contribution is 5.78. The molecule has 0 rings (SSSR count). The molecule has 0 saturated heterocycles. The minimum Gasteiger partial charge on any atom is -0.300 e. The van der Waals surface area contributed by atoms with Gasteiger partial charge in [-0.15, -0.1) is 0 Å². The van der Waals surface area contributed by atoms with Crippen LogP contribution in [0.15, 0.2) is 0 Å². The van der Waals surface area contributed by atoms with Crippen molar-refractivity contribution in [2.75, 3.05) is 0 Å². The van der Waals surface area contributed by atoms with Crippen LogP contribution in [0.4, 0.5) is 0 Å². The molecule has 0 saturated carbocycles. The van der Waals surface area contributed by atoms with E-state index in [1.54, 1.807) is 6.92 Å². The Morgan fingerprint density at radius 3 is 1.35 bits per heavy atom. The van der Waals surface area contributed by atoms with E-state index in [4.69, 9.17) is 0 Å². The lowest BCUT2D eigenvalue weighted by Gasteiger charge is -2.27. The monoisotopic (exact) mass is 483 g/mol. The quantitative estimate of drug-likeness (QED) is 0.128. The van der Waals surface area contributed by atoms with Gasteiger partial charge in [-0.25, -0.2) is 0 Å². The molecule has 3 atom stereocenters. The van der Waals surface area contributed by atoms with Crippen LogP contribution in [0.5, 0.6) is 0 Å². The van der Waals surface area contributed by atoms with E-state index in [-0.39, 0.29) is 20.8 Å². The fourth-order valence-corrected chi connectivity index (χ4v) is 5.07. The number of carbonyl (C=O) groups excluding carboxylic acids is 2. The molecule has 2 heteroatoms. The van der Waals surface area contributed by atoms with E-state index in [9.17, 15) is 9.59 Å². The number of unbranched alkanes of at least 4 members (excludes halogenated alkanes) is 15. The summed E-state index contributed by atoms with van der Waals surface area (Å²) in [7, 11) is 0. The van der Waals surface area contributed by atoms with Crippen molar-refractivity contribution in [2.24, 2.45) is 17.8 Å². The van der Waals surface area contributed by atoms with Crippen LogP contribution in [0.3, 0.4) is 0 Å². The van der Waals surface area contributed by atoms with Crippen molar-refractivity contribution in [3.8, 4) is 0 Å². The molecular formula is C32H66O2. The van der Waals surface area contributed by atoms with Crippen LogP contribution in [0.1, 0.15) is 178 Å². The second-order valence-electron chi connectivity index (χ2n) is 10.7. The summed E-state index contributed by atoms with van der Waals surface area (Å²) in [4.78, 5) is 23.2. The molecule has 0 aromatic heterocycles. The molecule has 0 spiro atoms. The van der Waals surface area contributed by atoms with Gasteiger partial charge in [0, 0.05) is 12.3 Å². The largest absolute Gasteiger partial charge is 0.300 e. The predicted octanol–water partition coefficient (Wildman–Crippen LogP) is 11.1. The van der Waals surface area contributed by atoms with E-state index in [1.165, 1.54) is 109 Å². The molecule has 3 unspecified atom stereocenters. The summed E-state index contributed by atoms with van der Waals surface area (Å²) >= 11 is 0. The molecule has 0 aromatic rings. The number of carbonyl (C=O) groups is 2. The average Bonchev–Trinajstić information content (AvgIpc) is 2.75. The van der Waals surface area contributed by atoms with E-state index < -0.39 is 0 Å². The Bertz CT molecular complexity index is 442. The van der Waals surface area contributed by atoms with Crippen molar-refractivity contribution in [3.05, 3.63) is 0 Å². The Morgan fingerprint density at radius 1 is 0.559 bits per heavy atom. The summed E-state index contributed by atoms with van der Waals surface area (Å²) in [5, 5.41) is 0. The summed E-state index contributed by atoms with van der Waals surface area (Å²) in [6.45, 7) is 10.5. The maximum Gasteiger partial charge on any atom is 0.133 e. The number of Topliss-reactive ketones (excluding diaryl/α,β-unsaturated/α-hetero) is 2. The second-order valence-corrected chi connectivity index (χ2v) is 10.7. The zero-order valence-corrected chi connectivity index (χ0v) is 22.7. The van der Waals surface area contributed by atoms with Gasteiger partial charge in [-0.05, 0) is 38.5 Å². The Balaban J connectivity index is -0.00000480. The summed E-state index contributed by atoms with van der Waals surface area (Å²) < 4.78 is 0. The molecule has 0 aromatic carbocycles. The lowest BCUT2D eigenvalue weighted by atomic mass is 9.77. The molecule has 0 fully saturated rings. The molecule has 0 bridgehead atoms. The van der Waals surface area contributed by atoms with Gasteiger partial charge in [-0.1, -0.05) is 145 Å². The van der Waals surface area contributed by atoms with Gasteiger partial charge in [0.2, 0.25) is 0 Å². The van der Waals surface area contributed by atoms with E-state index in [0.717, 1.165) is 19.3 Å². The van der Waals surface area contributed by atoms with Gasteiger partial charge in [0.05, 0.1) is 0 Å². The first kappa shape index (κ1) is 37.9. The summed E-state index contributed by atoms with van der Waals surface area (Å²) in [5.74, 6) is 2.19. The zero-order valence-electron chi connectivity index (χ0n) is 22.7. The van der Waals surface area contributed by atoms with Gasteiger partial charge in [-0.3, -0.25) is 4.79 Å². The van der Waals surface area contributed by atoms with Gasteiger partial charge in [-0.2, -0.15) is 0 Å². The first-order valence-corrected chi connectivity index (χ1v) is 14.4. The maximum atomic E-state index is 12.3. The van der Waals surface area contributed by atoms with Crippen molar-refractivity contribution in [2.45, 2.75) is 178 Å². The van der Waals surface area contributed by atoms with Crippen LogP contribution < -0.4 is 0 Å². The van der Waals surface area contributed by atoms with E-state index in [1.807, 2.05) is 6.92 Å². The third kappa shape index (κ3) is 23.1. The Morgan fingerprint density at radius 2 is 0.941 bits per heavy atom. The van der Waals surface area contributed by atoms with Gasteiger partial charge >= 0.3 is 0 Å². The minimum absolute atomic E-state index is 0. The third-order valence-electron chi connectivity index (χ3n) is 7.61. The van der Waals surface area contributed by atoms with Gasteiger partial charge in [0.1, 0.15) is 11.6 Å². The van der Waals surface area contributed by atoms with Crippen molar-refractivity contribution >= 4 is 11.6 Å². The summed E-state index contributed by atoms with van der Waals surface area (Å²) in [5.41, 5.74) is 0. The molecule has 0 radical (unpaired) electrons. The van der Waals surface area contributed by atoms with Crippen LogP contribution in [-0.2, 0) is 9.59 Å². The van der Waals surface area contributed by atoms with Gasteiger partial charge < -0.3 is 4.79 Å². The van der Waals surface area contributed by atoms with E-state index in [2.05, 4.69) is 20.8 Å². The molecule has 0 aliphatic heterocycles. The van der Waals surface area contributed by atoms with Crippen LogP contribution in [0, 0.1) is 17.8 Å². The molecule has 2 nitrogen and oxygen atoms in total. The van der Waals surface area contributed by atoms with Crippen LogP contribution >= 0.6 is 0 Å². The molecule has 206 valence electrons. The third-order valence-corrected chi connectivity index (χ3v) is 7.61. The Kier molecular flexibility index (Phi) is 30.0. The summed E-state index contributed by atoms with van der Waals surface area (Å²) in [6, 6.07) is 0. The highest BCUT2D eigenvalue weighted by atomic mass is 16.1. The van der Waals surface area contributed by atoms with E-state index >= 15 is 0 Å². The van der Waals surface area contributed by atoms with Crippen LogP contribution in [-0.4, -0.2) is 11.6 Å². The van der Waals surface area contributed by atoms with Crippen molar-refractivity contribution in [3.63, 3.8) is 0 Å². The maximum absolute atomic E-state index is 12.3. The molecule has 34 heavy (non-hydrogen) atoms. The SMILES string of the molecule is C.C.CCCCCCCCCCC(C(C)=O)C(C)C(C)CCCCCCCCCCCC(C)=O. The molecule has 0 aliphatic rings. The topological polar surface area (TPSA) is 34.1 Å². The second kappa shape index (κ2) is 26.9.